The summed E-state index contributed by atoms with van der Waals surface area (Å²) < 4.78 is 25.6. The lowest BCUT2D eigenvalue weighted by atomic mass is 10.1. The van der Waals surface area contributed by atoms with E-state index in [0.717, 1.165) is 18.2 Å². The second kappa shape index (κ2) is 4.33. The van der Waals surface area contributed by atoms with Gasteiger partial charge in [-0.25, -0.2) is 8.78 Å². The van der Waals surface area contributed by atoms with Gasteiger partial charge in [0.05, 0.1) is 6.10 Å². The van der Waals surface area contributed by atoms with Crippen LogP contribution in [0.2, 0.25) is 0 Å². The third-order valence-electron chi connectivity index (χ3n) is 1.84. The van der Waals surface area contributed by atoms with Crippen LogP contribution in [-0.2, 0) is 6.42 Å². The van der Waals surface area contributed by atoms with Gasteiger partial charge in [-0.1, -0.05) is 0 Å². The molecule has 1 nitrogen and oxygen atoms in total. The molecule has 13 heavy (non-hydrogen) atoms. The Morgan fingerprint density at radius 3 is 2.69 bits per heavy atom. The SMILES string of the molecule is C[C@H](O)CCc1cc(F)ccc1F. The molecule has 0 unspecified atom stereocenters. The maximum absolute atomic E-state index is 13.0. The lowest BCUT2D eigenvalue weighted by Gasteiger charge is -2.05. The zero-order valence-electron chi connectivity index (χ0n) is 7.43. The predicted molar refractivity (Wildman–Crippen MR) is 46.4 cm³/mol. The Hall–Kier alpha value is -0.960. The van der Waals surface area contributed by atoms with Crippen molar-refractivity contribution in [1.29, 1.82) is 0 Å². The third-order valence-corrected chi connectivity index (χ3v) is 1.84. The zero-order valence-corrected chi connectivity index (χ0v) is 7.43. The third kappa shape index (κ3) is 3.11. The second-order valence-electron chi connectivity index (χ2n) is 3.12. The molecule has 0 aromatic heterocycles. The van der Waals surface area contributed by atoms with E-state index in [1.807, 2.05) is 0 Å². The molecule has 1 atom stereocenters. The highest BCUT2D eigenvalue weighted by atomic mass is 19.1. The van der Waals surface area contributed by atoms with Gasteiger partial charge in [-0.05, 0) is 43.5 Å². The Labute approximate surface area is 76.0 Å². The number of halogens is 2. The van der Waals surface area contributed by atoms with Crippen LogP contribution in [0.5, 0.6) is 0 Å². The van der Waals surface area contributed by atoms with Crippen LogP contribution < -0.4 is 0 Å². The topological polar surface area (TPSA) is 20.2 Å². The first-order chi connectivity index (χ1) is 6.09. The van der Waals surface area contributed by atoms with Crippen LogP contribution in [0.1, 0.15) is 18.9 Å². The van der Waals surface area contributed by atoms with E-state index in [2.05, 4.69) is 0 Å². The molecule has 0 bridgehead atoms. The quantitative estimate of drug-likeness (QED) is 0.767. The van der Waals surface area contributed by atoms with E-state index in [-0.39, 0.29) is 0 Å². The monoisotopic (exact) mass is 186 g/mol. The number of hydrogen-bond acceptors (Lipinski definition) is 1. The molecule has 1 aromatic carbocycles. The molecule has 72 valence electrons. The molecule has 0 amide bonds. The summed E-state index contributed by atoms with van der Waals surface area (Å²) in [5.74, 6) is -0.857. The van der Waals surface area contributed by atoms with E-state index < -0.39 is 17.7 Å². The highest BCUT2D eigenvalue weighted by Crippen LogP contribution is 2.12. The zero-order chi connectivity index (χ0) is 9.84. The molecule has 1 aromatic rings. The van der Waals surface area contributed by atoms with Crippen LogP contribution in [-0.4, -0.2) is 11.2 Å². The Balaban J connectivity index is 2.70. The summed E-state index contributed by atoms with van der Waals surface area (Å²) >= 11 is 0. The van der Waals surface area contributed by atoms with E-state index in [1.165, 1.54) is 0 Å². The van der Waals surface area contributed by atoms with Crippen molar-refractivity contribution < 1.29 is 13.9 Å². The van der Waals surface area contributed by atoms with E-state index in [1.54, 1.807) is 6.92 Å². The molecule has 3 heteroatoms. The summed E-state index contributed by atoms with van der Waals surface area (Å²) in [6.07, 6.45) is 0.324. The Bertz CT molecular complexity index is 284. The predicted octanol–water partition coefficient (Wildman–Crippen LogP) is 2.28. The molecule has 1 rings (SSSR count). The van der Waals surface area contributed by atoms with E-state index in [9.17, 15) is 8.78 Å². The molecule has 0 spiro atoms. The molecule has 0 heterocycles. The van der Waals surface area contributed by atoms with Crippen LogP contribution in [0.15, 0.2) is 18.2 Å². The highest BCUT2D eigenvalue weighted by molar-refractivity contribution is 5.18. The molecular weight excluding hydrogens is 174 g/mol. The Morgan fingerprint density at radius 1 is 1.38 bits per heavy atom. The van der Waals surface area contributed by atoms with Gasteiger partial charge in [0, 0.05) is 0 Å². The molecular formula is C10H12F2O. The lowest BCUT2D eigenvalue weighted by Crippen LogP contribution is -2.02. The fourth-order valence-electron chi connectivity index (χ4n) is 1.10. The molecule has 0 aliphatic rings. The minimum absolute atomic E-state index is 0.320. The molecule has 0 saturated carbocycles. The Morgan fingerprint density at radius 2 is 2.08 bits per heavy atom. The van der Waals surface area contributed by atoms with Crippen LogP contribution in [0, 0.1) is 11.6 Å². The Kier molecular flexibility index (Phi) is 3.37. The van der Waals surface area contributed by atoms with Gasteiger partial charge in [-0.15, -0.1) is 0 Å². The van der Waals surface area contributed by atoms with Gasteiger partial charge in [-0.2, -0.15) is 0 Å². The van der Waals surface area contributed by atoms with Crippen molar-refractivity contribution in [2.45, 2.75) is 25.9 Å². The molecule has 0 radical (unpaired) electrons. The van der Waals surface area contributed by atoms with Crippen molar-refractivity contribution in [2.24, 2.45) is 0 Å². The standard InChI is InChI=1S/C10H12F2O/c1-7(13)2-3-8-6-9(11)4-5-10(8)12/h4-7,13H,2-3H2,1H3/t7-/m0/s1. The van der Waals surface area contributed by atoms with Crippen molar-refractivity contribution in [3.05, 3.63) is 35.4 Å². The summed E-state index contributed by atoms with van der Waals surface area (Å²) in [6, 6.07) is 3.35. The van der Waals surface area contributed by atoms with Crippen molar-refractivity contribution in [3.8, 4) is 0 Å². The average molecular weight is 186 g/mol. The summed E-state index contributed by atoms with van der Waals surface area (Å²) in [5.41, 5.74) is 0.320. The van der Waals surface area contributed by atoms with Crippen LogP contribution in [0.4, 0.5) is 8.78 Å². The lowest BCUT2D eigenvalue weighted by molar-refractivity contribution is 0.184. The van der Waals surface area contributed by atoms with Crippen molar-refractivity contribution in [3.63, 3.8) is 0 Å². The number of aliphatic hydroxyl groups excluding tert-OH is 1. The van der Waals surface area contributed by atoms with Gasteiger partial charge in [0.25, 0.3) is 0 Å². The van der Waals surface area contributed by atoms with Crippen molar-refractivity contribution >= 4 is 0 Å². The first kappa shape index (κ1) is 10.1. The number of aliphatic hydroxyl groups is 1. The fourth-order valence-corrected chi connectivity index (χ4v) is 1.10. The average Bonchev–Trinajstić information content (AvgIpc) is 2.06. The van der Waals surface area contributed by atoms with Crippen LogP contribution in [0.3, 0.4) is 0 Å². The maximum atomic E-state index is 13.0. The normalized spacial score (nSPS) is 12.9. The minimum Gasteiger partial charge on any atom is -0.393 e. The van der Waals surface area contributed by atoms with E-state index in [0.29, 0.717) is 18.4 Å². The van der Waals surface area contributed by atoms with E-state index in [4.69, 9.17) is 5.11 Å². The van der Waals surface area contributed by atoms with Gasteiger partial charge in [0.1, 0.15) is 11.6 Å². The van der Waals surface area contributed by atoms with Crippen molar-refractivity contribution in [1.82, 2.24) is 0 Å². The van der Waals surface area contributed by atoms with Gasteiger partial charge in [0.2, 0.25) is 0 Å². The first-order valence-corrected chi connectivity index (χ1v) is 4.21. The van der Waals surface area contributed by atoms with E-state index >= 15 is 0 Å². The molecule has 0 fully saturated rings. The van der Waals surface area contributed by atoms with Gasteiger partial charge in [-0.3, -0.25) is 0 Å². The number of aryl methyl sites for hydroxylation is 1. The molecule has 0 aliphatic heterocycles. The second-order valence-corrected chi connectivity index (χ2v) is 3.12. The minimum atomic E-state index is -0.484. The molecule has 1 N–H and O–H groups in total. The first-order valence-electron chi connectivity index (χ1n) is 4.21. The number of rotatable bonds is 3. The summed E-state index contributed by atoms with van der Waals surface area (Å²) in [7, 11) is 0. The molecule has 0 saturated heterocycles. The van der Waals surface area contributed by atoms with Gasteiger partial charge < -0.3 is 5.11 Å². The number of hydrogen-bond donors (Lipinski definition) is 1. The smallest absolute Gasteiger partial charge is 0.126 e. The summed E-state index contributed by atoms with van der Waals surface area (Å²) in [4.78, 5) is 0. The summed E-state index contributed by atoms with van der Waals surface area (Å²) in [5, 5.41) is 8.96. The van der Waals surface area contributed by atoms with Crippen LogP contribution in [0.25, 0.3) is 0 Å². The molecule has 0 aliphatic carbocycles. The van der Waals surface area contributed by atoms with Gasteiger partial charge >= 0.3 is 0 Å². The van der Waals surface area contributed by atoms with Crippen LogP contribution >= 0.6 is 0 Å². The fraction of sp³-hybridized carbons (Fsp3) is 0.400. The summed E-state index contributed by atoms with van der Waals surface area (Å²) in [6.45, 7) is 1.62. The highest BCUT2D eigenvalue weighted by Gasteiger charge is 2.04. The number of benzene rings is 1. The van der Waals surface area contributed by atoms with Crippen molar-refractivity contribution in [2.75, 3.05) is 0 Å². The van der Waals surface area contributed by atoms with Gasteiger partial charge in [0.15, 0.2) is 0 Å². The largest absolute Gasteiger partial charge is 0.393 e. The maximum Gasteiger partial charge on any atom is 0.126 e.